The molecule has 13 heavy (non-hydrogen) atoms. The molecule has 0 amide bonds. The van der Waals surface area contributed by atoms with Crippen LogP contribution < -0.4 is 5.73 Å². The standard InChI is InChI=1S/C7H2F2N4/c8-5-3(1-10)13-4(2-11)6(9)7(5)12/h(H2,12,13). The molecule has 6 heteroatoms. The fraction of sp³-hybridized carbons (Fsp3) is 0. The van der Waals surface area contributed by atoms with E-state index in [2.05, 4.69) is 4.98 Å². The molecule has 2 N–H and O–H groups in total. The molecule has 0 aromatic carbocycles. The van der Waals surface area contributed by atoms with Gasteiger partial charge in [0, 0.05) is 0 Å². The van der Waals surface area contributed by atoms with Crippen LogP contribution in [0.1, 0.15) is 11.4 Å². The molecule has 0 bridgehead atoms. The number of hydrogen-bond donors (Lipinski definition) is 1. The normalized spacial score (nSPS) is 8.92. The molecule has 1 aromatic heterocycles. The molecule has 64 valence electrons. The van der Waals surface area contributed by atoms with Crippen molar-refractivity contribution >= 4 is 5.69 Å². The zero-order valence-corrected chi connectivity index (χ0v) is 6.17. The summed E-state index contributed by atoms with van der Waals surface area (Å²) in [6.45, 7) is 0. The topological polar surface area (TPSA) is 86.5 Å². The third-order valence-corrected chi connectivity index (χ3v) is 1.32. The Bertz CT molecular complexity index is 403. The molecule has 1 heterocycles. The second kappa shape index (κ2) is 3.03. The number of hydrogen-bond acceptors (Lipinski definition) is 4. The lowest BCUT2D eigenvalue weighted by molar-refractivity contribution is 0.575. The molecule has 0 unspecified atom stereocenters. The van der Waals surface area contributed by atoms with Crippen molar-refractivity contribution < 1.29 is 8.78 Å². The molecular formula is C7H2F2N4. The maximum Gasteiger partial charge on any atom is 0.185 e. The van der Waals surface area contributed by atoms with Crippen LogP contribution in [0.2, 0.25) is 0 Å². The van der Waals surface area contributed by atoms with E-state index in [0.29, 0.717) is 0 Å². The molecule has 0 atom stereocenters. The highest BCUT2D eigenvalue weighted by molar-refractivity contribution is 5.50. The molecule has 0 aliphatic carbocycles. The average Bonchev–Trinajstić information content (AvgIpc) is 2.15. The van der Waals surface area contributed by atoms with Gasteiger partial charge in [0.2, 0.25) is 0 Å². The number of nitrogens with two attached hydrogens (primary N) is 1. The number of nitriles is 2. The van der Waals surface area contributed by atoms with Crippen molar-refractivity contribution in [2.75, 3.05) is 5.73 Å². The number of nitrogen functional groups attached to an aromatic ring is 1. The van der Waals surface area contributed by atoms with Gasteiger partial charge in [0.05, 0.1) is 0 Å². The average molecular weight is 180 g/mol. The van der Waals surface area contributed by atoms with Crippen LogP contribution >= 0.6 is 0 Å². The SMILES string of the molecule is N#Cc1nc(C#N)c(F)c(N)c1F. The smallest absolute Gasteiger partial charge is 0.185 e. The molecular weight excluding hydrogens is 178 g/mol. The van der Waals surface area contributed by atoms with Crippen LogP contribution in [0.25, 0.3) is 0 Å². The molecule has 0 fully saturated rings. The van der Waals surface area contributed by atoms with Crippen LogP contribution in [-0.2, 0) is 0 Å². The molecule has 0 saturated carbocycles. The minimum absolute atomic E-state index is 0.685. The van der Waals surface area contributed by atoms with Gasteiger partial charge in [-0.2, -0.15) is 10.5 Å². The first-order valence-corrected chi connectivity index (χ1v) is 3.06. The summed E-state index contributed by atoms with van der Waals surface area (Å²) in [4.78, 5) is 3.12. The Labute approximate surface area is 71.8 Å². The van der Waals surface area contributed by atoms with Crippen molar-refractivity contribution in [1.82, 2.24) is 4.98 Å². The van der Waals surface area contributed by atoms with Gasteiger partial charge in [-0.05, 0) is 0 Å². The monoisotopic (exact) mass is 180 g/mol. The highest BCUT2D eigenvalue weighted by Gasteiger charge is 2.17. The first kappa shape index (κ1) is 8.88. The summed E-state index contributed by atoms with van der Waals surface area (Å²) in [5.74, 6) is -2.47. The lowest BCUT2D eigenvalue weighted by Gasteiger charge is -2.00. The van der Waals surface area contributed by atoms with Crippen LogP contribution in [0.3, 0.4) is 0 Å². The number of pyridine rings is 1. The molecule has 0 aliphatic heterocycles. The Kier molecular flexibility index (Phi) is 2.07. The van der Waals surface area contributed by atoms with Gasteiger partial charge in [-0.3, -0.25) is 0 Å². The summed E-state index contributed by atoms with van der Waals surface area (Å²) >= 11 is 0. The largest absolute Gasteiger partial charge is 0.394 e. The Hall–Kier alpha value is -2.21. The molecule has 0 spiro atoms. The van der Waals surface area contributed by atoms with Crippen molar-refractivity contribution in [2.24, 2.45) is 0 Å². The number of rotatable bonds is 0. The van der Waals surface area contributed by atoms with E-state index >= 15 is 0 Å². The minimum atomic E-state index is -1.24. The lowest BCUT2D eigenvalue weighted by atomic mass is 10.2. The van der Waals surface area contributed by atoms with Gasteiger partial charge in [0.15, 0.2) is 23.0 Å². The van der Waals surface area contributed by atoms with Crippen LogP contribution in [0.5, 0.6) is 0 Å². The summed E-state index contributed by atoms with van der Waals surface area (Å²) in [6, 6.07) is 2.71. The summed E-state index contributed by atoms with van der Waals surface area (Å²) in [5, 5.41) is 16.6. The highest BCUT2D eigenvalue weighted by atomic mass is 19.1. The molecule has 1 rings (SSSR count). The van der Waals surface area contributed by atoms with Crippen LogP contribution in [0.15, 0.2) is 0 Å². The van der Waals surface area contributed by atoms with Gasteiger partial charge in [0.1, 0.15) is 17.8 Å². The summed E-state index contributed by atoms with van der Waals surface area (Å²) < 4.78 is 25.6. The van der Waals surface area contributed by atoms with Gasteiger partial charge < -0.3 is 5.73 Å². The Morgan fingerprint density at radius 1 is 1.08 bits per heavy atom. The summed E-state index contributed by atoms with van der Waals surface area (Å²) in [7, 11) is 0. The van der Waals surface area contributed by atoms with Crippen molar-refractivity contribution in [3.63, 3.8) is 0 Å². The predicted molar refractivity (Wildman–Crippen MR) is 38.0 cm³/mol. The number of aromatic nitrogens is 1. The Morgan fingerprint density at radius 2 is 1.46 bits per heavy atom. The van der Waals surface area contributed by atoms with E-state index in [-0.39, 0.29) is 0 Å². The minimum Gasteiger partial charge on any atom is -0.394 e. The van der Waals surface area contributed by atoms with Crippen molar-refractivity contribution in [3.05, 3.63) is 23.0 Å². The third-order valence-electron chi connectivity index (χ3n) is 1.32. The van der Waals surface area contributed by atoms with Crippen molar-refractivity contribution in [3.8, 4) is 12.1 Å². The Balaban J connectivity index is 3.60. The quantitative estimate of drug-likeness (QED) is 0.636. The van der Waals surface area contributed by atoms with Crippen molar-refractivity contribution in [1.29, 1.82) is 10.5 Å². The van der Waals surface area contributed by atoms with E-state index in [1.54, 1.807) is 0 Å². The molecule has 1 aromatic rings. The zero-order chi connectivity index (χ0) is 10.0. The Morgan fingerprint density at radius 3 is 1.77 bits per heavy atom. The highest BCUT2D eigenvalue weighted by Crippen LogP contribution is 2.18. The maximum atomic E-state index is 12.8. The predicted octanol–water partition coefficient (Wildman–Crippen LogP) is 0.685. The van der Waals surface area contributed by atoms with Crippen LogP contribution in [0, 0.1) is 34.3 Å². The number of nitrogens with zero attached hydrogens (tertiary/aromatic N) is 3. The van der Waals surface area contributed by atoms with Gasteiger partial charge in [-0.15, -0.1) is 0 Å². The third kappa shape index (κ3) is 1.25. The van der Waals surface area contributed by atoms with Gasteiger partial charge >= 0.3 is 0 Å². The van der Waals surface area contributed by atoms with Gasteiger partial charge in [0.25, 0.3) is 0 Å². The van der Waals surface area contributed by atoms with E-state index in [9.17, 15) is 8.78 Å². The number of halogens is 2. The summed E-state index contributed by atoms with van der Waals surface area (Å²) in [5.41, 5.74) is 2.71. The van der Waals surface area contributed by atoms with Crippen molar-refractivity contribution in [2.45, 2.75) is 0 Å². The second-order valence-corrected chi connectivity index (χ2v) is 2.07. The first-order valence-electron chi connectivity index (χ1n) is 3.06. The zero-order valence-electron chi connectivity index (χ0n) is 6.17. The molecule has 0 radical (unpaired) electrons. The van der Waals surface area contributed by atoms with Crippen LogP contribution in [-0.4, -0.2) is 4.98 Å². The molecule has 0 aliphatic rings. The van der Waals surface area contributed by atoms with E-state index in [1.165, 1.54) is 12.1 Å². The summed E-state index contributed by atoms with van der Waals surface area (Å²) in [6.07, 6.45) is 0. The number of anilines is 1. The van der Waals surface area contributed by atoms with E-state index in [4.69, 9.17) is 16.3 Å². The van der Waals surface area contributed by atoms with Gasteiger partial charge in [-0.25, -0.2) is 13.8 Å². The fourth-order valence-corrected chi connectivity index (χ4v) is 0.710. The van der Waals surface area contributed by atoms with Gasteiger partial charge in [-0.1, -0.05) is 0 Å². The van der Waals surface area contributed by atoms with Crippen LogP contribution in [0.4, 0.5) is 14.5 Å². The fourth-order valence-electron chi connectivity index (χ4n) is 0.710. The second-order valence-electron chi connectivity index (χ2n) is 2.07. The first-order chi connectivity index (χ1) is 6.11. The maximum absolute atomic E-state index is 12.8. The molecule has 0 saturated heterocycles. The van der Waals surface area contributed by atoms with E-state index in [1.807, 2.05) is 0 Å². The van der Waals surface area contributed by atoms with E-state index < -0.39 is 28.7 Å². The molecule has 4 nitrogen and oxygen atoms in total. The lowest BCUT2D eigenvalue weighted by Crippen LogP contribution is -2.04. The van der Waals surface area contributed by atoms with E-state index in [0.717, 1.165) is 0 Å².